The summed E-state index contributed by atoms with van der Waals surface area (Å²) in [4.78, 5) is 27.2. The summed E-state index contributed by atoms with van der Waals surface area (Å²) >= 11 is 0. The van der Waals surface area contributed by atoms with E-state index in [1.807, 2.05) is 18.7 Å². The number of rotatable bonds is 6. The monoisotopic (exact) mass is 364 g/mol. The van der Waals surface area contributed by atoms with Gasteiger partial charge in [0.15, 0.2) is 5.82 Å². The van der Waals surface area contributed by atoms with Crippen LogP contribution in [0.1, 0.15) is 25.8 Å². The molecule has 0 saturated carbocycles. The van der Waals surface area contributed by atoms with Crippen molar-refractivity contribution in [1.29, 1.82) is 5.41 Å². The molecule has 1 aliphatic rings. The fraction of sp³-hybridized carbons (Fsp3) is 0.500. The molecule has 1 saturated heterocycles. The van der Waals surface area contributed by atoms with Crippen molar-refractivity contribution in [2.45, 2.75) is 26.9 Å². The number of nitrogens with one attached hydrogen (secondary N) is 1. The lowest BCUT2D eigenvalue weighted by molar-refractivity contribution is -0.143. The molecule has 0 aromatic heterocycles. The van der Waals surface area contributed by atoms with Crippen LogP contribution in [-0.4, -0.2) is 48.8 Å². The molecule has 0 bridgehead atoms. The zero-order valence-corrected chi connectivity index (χ0v) is 15.1. The maximum Gasteiger partial charge on any atom is 0.313 e. The van der Waals surface area contributed by atoms with Crippen LogP contribution < -0.4 is 10.6 Å². The summed E-state index contributed by atoms with van der Waals surface area (Å²) in [5.41, 5.74) is 5.83. The lowest BCUT2D eigenvalue weighted by Crippen LogP contribution is -2.50. The first-order valence-corrected chi connectivity index (χ1v) is 8.59. The van der Waals surface area contributed by atoms with Gasteiger partial charge in [-0.15, -0.1) is 0 Å². The standard InChI is InChI=1S/C18H25FN4O3/c1-12(2)18(25)23-8-6-22(7-9-23)14-5-3-4-13(17(14)19)11-26-16(24)10-15(20)21/h3-5,12H,6-11H2,1-2H3,(H3,20,21). The van der Waals surface area contributed by atoms with Gasteiger partial charge in [0, 0.05) is 37.7 Å². The number of piperazine rings is 1. The number of amides is 1. The first-order valence-electron chi connectivity index (χ1n) is 8.59. The Balaban J connectivity index is 2.00. The number of ether oxygens (including phenoxy) is 1. The van der Waals surface area contributed by atoms with Crippen molar-refractivity contribution in [3.8, 4) is 0 Å². The minimum absolute atomic E-state index is 0.0497. The van der Waals surface area contributed by atoms with Crippen LogP contribution in [0.5, 0.6) is 0 Å². The van der Waals surface area contributed by atoms with Crippen LogP contribution >= 0.6 is 0 Å². The second kappa shape index (κ2) is 8.64. The molecule has 3 N–H and O–H groups in total. The van der Waals surface area contributed by atoms with Gasteiger partial charge >= 0.3 is 5.97 Å². The van der Waals surface area contributed by atoms with E-state index >= 15 is 0 Å². The van der Waals surface area contributed by atoms with E-state index in [1.54, 1.807) is 23.1 Å². The van der Waals surface area contributed by atoms with E-state index in [0.29, 0.717) is 31.9 Å². The average molecular weight is 364 g/mol. The first-order chi connectivity index (χ1) is 12.3. The van der Waals surface area contributed by atoms with Gasteiger partial charge in [-0.25, -0.2) is 4.39 Å². The van der Waals surface area contributed by atoms with Crippen molar-refractivity contribution in [2.75, 3.05) is 31.1 Å². The van der Waals surface area contributed by atoms with E-state index in [2.05, 4.69) is 0 Å². The van der Waals surface area contributed by atoms with Gasteiger partial charge in [0.2, 0.25) is 5.91 Å². The number of carbonyl (C=O) groups excluding carboxylic acids is 2. The van der Waals surface area contributed by atoms with Crippen LogP contribution in [0.15, 0.2) is 18.2 Å². The third-order valence-corrected chi connectivity index (χ3v) is 4.21. The Kier molecular flexibility index (Phi) is 6.54. The van der Waals surface area contributed by atoms with Crippen molar-refractivity contribution in [1.82, 2.24) is 4.90 Å². The number of nitrogens with zero attached hydrogens (tertiary/aromatic N) is 2. The summed E-state index contributed by atoms with van der Waals surface area (Å²) in [6, 6.07) is 4.94. The molecule has 0 spiro atoms. The number of esters is 1. The van der Waals surface area contributed by atoms with Crippen LogP contribution in [0.2, 0.25) is 0 Å². The zero-order chi connectivity index (χ0) is 19.3. The van der Waals surface area contributed by atoms with Crippen LogP contribution in [-0.2, 0) is 20.9 Å². The maximum absolute atomic E-state index is 14.8. The van der Waals surface area contributed by atoms with E-state index in [1.165, 1.54) is 0 Å². The van der Waals surface area contributed by atoms with Gasteiger partial charge in [-0.3, -0.25) is 15.0 Å². The van der Waals surface area contributed by atoms with E-state index in [0.717, 1.165) is 0 Å². The Hall–Kier alpha value is -2.64. The van der Waals surface area contributed by atoms with Gasteiger partial charge in [0.25, 0.3) is 0 Å². The largest absolute Gasteiger partial charge is 0.460 e. The molecular weight excluding hydrogens is 339 g/mol. The van der Waals surface area contributed by atoms with Crippen LogP contribution in [0.4, 0.5) is 10.1 Å². The van der Waals surface area contributed by atoms with Crippen LogP contribution in [0.3, 0.4) is 0 Å². The van der Waals surface area contributed by atoms with Crippen molar-refractivity contribution < 1.29 is 18.7 Å². The topological polar surface area (TPSA) is 99.7 Å². The van der Waals surface area contributed by atoms with Crippen molar-refractivity contribution in [3.63, 3.8) is 0 Å². The average Bonchev–Trinajstić information content (AvgIpc) is 2.59. The van der Waals surface area contributed by atoms with Gasteiger partial charge in [-0.05, 0) is 6.07 Å². The van der Waals surface area contributed by atoms with Gasteiger partial charge < -0.3 is 20.3 Å². The molecule has 7 nitrogen and oxygen atoms in total. The highest BCUT2D eigenvalue weighted by atomic mass is 19.1. The Labute approximate surface area is 152 Å². The van der Waals surface area contributed by atoms with Gasteiger partial charge in [-0.2, -0.15) is 0 Å². The zero-order valence-electron chi connectivity index (χ0n) is 15.1. The van der Waals surface area contributed by atoms with Gasteiger partial charge in [0.05, 0.1) is 5.69 Å². The molecule has 142 valence electrons. The summed E-state index contributed by atoms with van der Waals surface area (Å²) in [5.74, 6) is -1.34. The van der Waals surface area contributed by atoms with Crippen molar-refractivity contribution >= 4 is 23.4 Å². The lowest BCUT2D eigenvalue weighted by atomic mass is 10.1. The number of halogens is 1. The summed E-state index contributed by atoms with van der Waals surface area (Å²) in [5, 5.41) is 7.06. The normalized spacial score (nSPS) is 14.5. The molecule has 1 aromatic rings. The fourth-order valence-electron chi connectivity index (χ4n) is 2.82. The fourth-order valence-corrected chi connectivity index (χ4v) is 2.82. The summed E-state index contributed by atoms with van der Waals surface area (Å²) in [7, 11) is 0. The second-order valence-electron chi connectivity index (χ2n) is 6.58. The minimum Gasteiger partial charge on any atom is -0.460 e. The molecule has 0 aliphatic carbocycles. The molecule has 1 heterocycles. The predicted molar refractivity (Wildman–Crippen MR) is 96.4 cm³/mol. The minimum atomic E-state index is -0.664. The molecule has 0 atom stereocenters. The van der Waals surface area contributed by atoms with Gasteiger partial charge in [0.1, 0.15) is 18.9 Å². The SMILES string of the molecule is CC(C)C(=O)N1CCN(c2cccc(COC(=O)CC(=N)N)c2F)CC1. The Morgan fingerprint density at radius 1 is 1.27 bits per heavy atom. The summed E-state index contributed by atoms with van der Waals surface area (Å²) in [6.45, 7) is 5.71. The number of anilines is 1. The third kappa shape index (κ3) is 4.93. The van der Waals surface area contributed by atoms with Crippen molar-refractivity contribution in [2.24, 2.45) is 11.7 Å². The quantitative estimate of drug-likeness (QED) is 0.453. The summed E-state index contributed by atoms with van der Waals surface area (Å²) in [6.07, 6.45) is -0.312. The number of hydrogen-bond acceptors (Lipinski definition) is 5. The number of benzene rings is 1. The van der Waals surface area contributed by atoms with E-state index in [9.17, 15) is 14.0 Å². The highest BCUT2D eigenvalue weighted by Crippen LogP contribution is 2.24. The van der Waals surface area contributed by atoms with E-state index < -0.39 is 11.8 Å². The van der Waals surface area contributed by atoms with Crippen LogP contribution in [0.25, 0.3) is 0 Å². The number of hydrogen-bond donors (Lipinski definition) is 2. The van der Waals surface area contributed by atoms with Crippen LogP contribution in [0, 0.1) is 17.1 Å². The molecule has 2 rings (SSSR count). The predicted octanol–water partition coefficient (Wildman–Crippen LogP) is 1.50. The molecule has 0 unspecified atom stereocenters. The highest BCUT2D eigenvalue weighted by Gasteiger charge is 2.25. The lowest BCUT2D eigenvalue weighted by Gasteiger charge is -2.37. The summed E-state index contributed by atoms with van der Waals surface area (Å²) < 4.78 is 19.7. The highest BCUT2D eigenvalue weighted by molar-refractivity contribution is 5.94. The van der Waals surface area contributed by atoms with Gasteiger partial charge in [-0.1, -0.05) is 26.0 Å². The maximum atomic E-state index is 14.8. The Morgan fingerprint density at radius 3 is 2.50 bits per heavy atom. The Morgan fingerprint density at radius 2 is 1.92 bits per heavy atom. The molecule has 1 amide bonds. The smallest absolute Gasteiger partial charge is 0.313 e. The van der Waals surface area contributed by atoms with Crippen molar-refractivity contribution in [3.05, 3.63) is 29.6 Å². The number of amidine groups is 1. The second-order valence-corrected chi connectivity index (χ2v) is 6.58. The van der Waals surface area contributed by atoms with E-state index in [4.69, 9.17) is 15.9 Å². The molecule has 26 heavy (non-hydrogen) atoms. The molecule has 1 aromatic carbocycles. The molecule has 1 fully saturated rings. The number of nitrogens with two attached hydrogens (primary N) is 1. The molecule has 8 heteroatoms. The first kappa shape index (κ1) is 19.7. The Bertz CT molecular complexity index is 685. The molecular formula is C18H25FN4O3. The molecule has 0 radical (unpaired) electrons. The number of carbonyl (C=O) groups is 2. The van der Waals surface area contributed by atoms with E-state index in [-0.39, 0.29) is 36.3 Å². The third-order valence-electron chi connectivity index (χ3n) is 4.21. The molecule has 1 aliphatic heterocycles.